The molecule has 0 fully saturated rings. The first kappa shape index (κ1) is 17.1. The zero-order valence-corrected chi connectivity index (χ0v) is 14.8. The lowest BCUT2D eigenvalue weighted by atomic mass is 10.2. The van der Waals surface area contributed by atoms with E-state index in [4.69, 9.17) is 28.3 Å². The molecule has 3 N–H and O–H groups in total. The van der Waals surface area contributed by atoms with Gasteiger partial charge in [0.25, 0.3) is 0 Å². The van der Waals surface area contributed by atoms with Gasteiger partial charge in [0.05, 0.1) is 20.5 Å². The maximum atomic E-state index is 11.5. The predicted molar refractivity (Wildman–Crippen MR) is 93.3 cm³/mol. The van der Waals surface area contributed by atoms with Gasteiger partial charge in [-0.05, 0) is 35.8 Å². The molecule has 0 amide bonds. The molecule has 1 heterocycles. The smallest absolute Gasteiger partial charge is 0.238 e. The molecule has 11 heteroatoms. The van der Waals surface area contributed by atoms with Gasteiger partial charge in [-0.25, -0.2) is 13.6 Å². The van der Waals surface area contributed by atoms with Crippen LogP contribution < -0.4 is 5.14 Å². The molecule has 0 radical (unpaired) electrons. The van der Waals surface area contributed by atoms with Gasteiger partial charge in [0.1, 0.15) is 11.4 Å². The molecule has 24 heavy (non-hydrogen) atoms. The van der Waals surface area contributed by atoms with Crippen molar-refractivity contribution in [2.24, 2.45) is 15.4 Å². The molecule has 3 rings (SSSR count). The van der Waals surface area contributed by atoms with Gasteiger partial charge in [-0.2, -0.15) is 4.37 Å². The van der Waals surface area contributed by atoms with Crippen LogP contribution in [0.1, 0.15) is 0 Å². The summed E-state index contributed by atoms with van der Waals surface area (Å²) in [7, 11) is -3.83. The third-order valence-corrected chi connectivity index (χ3v) is 5.30. The summed E-state index contributed by atoms with van der Waals surface area (Å²) < 4.78 is 27.1. The zero-order valence-electron chi connectivity index (χ0n) is 11.6. The van der Waals surface area contributed by atoms with E-state index in [9.17, 15) is 13.5 Å². The van der Waals surface area contributed by atoms with Gasteiger partial charge in [0.2, 0.25) is 10.0 Å². The molecule has 1 aromatic heterocycles. The van der Waals surface area contributed by atoms with E-state index >= 15 is 0 Å². The second-order valence-corrected chi connectivity index (χ2v) is 7.79. The summed E-state index contributed by atoms with van der Waals surface area (Å²) in [6.45, 7) is 0. The number of phenolic OH excluding ortho intramolecular Hbond substituents is 1. The number of rotatable bonds is 3. The van der Waals surface area contributed by atoms with Gasteiger partial charge in [-0.1, -0.05) is 23.2 Å². The molecule has 0 bridgehead atoms. The van der Waals surface area contributed by atoms with Crippen LogP contribution >= 0.6 is 34.7 Å². The highest BCUT2D eigenvalue weighted by Crippen LogP contribution is 2.37. The molecular formula is C13H8Cl2N4O3S2. The molecule has 0 unspecified atom stereocenters. The number of nitrogens with zero attached hydrogens (tertiary/aromatic N) is 3. The van der Waals surface area contributed by atoms with Crippen LogP contribution in [-0.4, -0.2) is 17.9 Å². The number of phenols is 1. The van der Waals surface area contributed by atoms with E-state index in [1.807, 2.05) is 0 Å². The normalized spacial score (nSPS) is 12.3. The van der Waals surface area contributed by atoms with E-state index < -0.39 is 10.0 Å². The number of azo groups is 1. The summed E-state index contributed by atoms with van der Waals surface area (Å²) in [5.74, 6) is -0.165. The van der Waals surface area contributed by atoms with Crippen molar-refractivity contribution in [2.45, 2.75) is 4.90 Å². The predicted octanol–water partition coefficient (Wildman–Crippen LogP) is 4.37. The van der Waals surface area contributed by atoms with Crippen LogP contribution in [0.5, 0.6) is 5.75 Å². The van der Waals surface area contributed by atoms with Crippen molar-refractivity contribution in [1.82, 2.24) is 4.37 Å². The highest BCUT2D eigenvalue weighted by molar-refractivity contribution is 7.89. The number of sulfonamides is 1. The van der Waals surface area contributed by atoms with Crippen molar-refractivity contribution >= 4 is 66.3 Å². The number of hydrogen-bond donors (Lipinski definition) is 2. The van der Waals surface area contributed by atoms with Crippen LogP contribution in [0, 0.1) is 0 Å². The first-order chi connectivity index (χ1) is 11.3. The van der Waals surface area contributed by atoms with Crippen LogP contribution in [0.15, 0.2) is 45.5 Å². The van der Waals surface area contributed by atoms with E-state index in [1.54, 1.807) is 0 Å². The number of halogens is 2. The quantitative estimate of drug-likeness (QED) is 0.631. The number of aromatic nitrogens is 1. The molecule has 0 aliphatic carbocycles. The Balaban J connectivity index is 2.06. The van der Waals surface area contributed by atoms with E-state index in [1.165, 1.54) is 30.3 Å². The Morgan fingerprint density at radius 1 is 1.12 bits per heavy atom. The highest BCUT2D eigenvalue weighted by Gasteiger charge is 2.13. The highest BCUT2D eigenvalue weighted by atomic mass is 35.5. The average molecular weight is 403 g/mol. The first-order valence-corrected chi connectivity index (χ1v) is 9.35. The molecule has 3 aromatic rings. The Morgan fingerprint density at radius 3 is 2.58 bits per heavy atom. The van der Waals surface area contributed by atoms with Gasteiger partial charge >= 0.3 is 0 Å². The Hall–Kier alpha value is -1.78. The van der Waals surface area contributed by atoms with Gasteiger partial charge in [0, 0.05) is 11.5 Å². The second-order valence-electron chi connectivity index (χ2n) is 4.67. The van der Waals surface area contributed by atoms with Crippen molar-refractivity contribution < 1.29 is 13.5 Å². The average Bonchev–Trinajstić information content (AvgIpc) is 2.91. The monoisotopic (exact) mass is 402 g/mol. The first-order valence-electron chi connectivity index (χ1n) is 6.27. The number of aromatic hydroxyl groups is 1. The molecular weight excluding hydrogens is 395 g/mol. The number of hydrogen-bond acceptors (Lipinski definition) is 7. The molecule has 124 valence electrons. The van der Waals surface area contributed by atoms with E-state index in [2.05, 4.69) is 14.6 Å². The third-order valence-electron chi connectivity index (χ3n) is 3.02. The lowest BCUT2D eigenvalue weighted by Crippen LogP contribution is -2.11. The lowest BCUT2D eigenvalue weighted by Gasteiger charge is -2.00. The Kier molecular flexibility index (Phi) is 4.45. The summed E-state index contributed by atoms with van der Waals surface area (Å²) in [4.78, 5) is -0.0441. The number of fused-ring (bicyclic) bond motifs is 1. The van der Waals surface area contributed by atoms with Crippen LogP contribution in [0.4, 0.5) is 10.7 Å². The van der Waals surface area contributed by atoms with Crippen LogP contribution in [0.2, 0.25) is 10.0 Å². The Bertz CT molecular complexity index is 1080. The maximum Gasteiger partial charge on any atom is 0.238 e. The minimum atomic E-state index is -3.83. The van der Waals surface area contributed by atoms with Crippen molar-refractivity contribution in [3.8, 4) is 5.75 Å². The molecule has 2 aromatic carbocycles. The largest absolute Gasteiger partial charge is 0.506 e. The van der Waals surface area contributed by atoms with Crippen molar-refractivity contribution in [2.75, 3.05) is 0 Å². The van der Waals surface area contributed by atoms with Crippen LogP contribution in [-0.2, 0) is 10.0 Å². The summed E-state index contributed by atoms with van der Waals surface area (Å²) >= 11 is 12.8. The second kappa shape index (κ2) is 6.26. The summed E-state index contributed by atoms with van der Waals surface area (Å²) in [6, 6.07) is 6.90. The summed E-state index contributed by atoms with van der Waals surface area (Å²) in [6.07, 6.45) is 0. The van der Waals surface area contributed by atoms with E-state index in [-0.39, 0.29) is 26.4 Å². The van der Waals surface area contributed by atoms with Crippen molar-refractivity contribution in [3.63, 3.8) is 0 Å². The standard InChI is InChI=1S/C13H8Cl2N4O3S2/c14-8-5-12(20)9(15)4-11(8)17-18-13-7-3-6(24(16,21)22)1-2-10(7)19-23-13/h1-5,20H,(H2,16,21,22). The molecule has 0 saturated carbocycles. The van der Waals surface area contributed by atoms with Crippen molar-refractivity contribution in [3.05, 3.63) is 40.4 Å². The zero-order chi connectivity index (χ0) is 17.5. The van der Waals surface area contributed by atoms with Gasteiger partial charge < -0.3 is 5.11 Å². The van der Waals surface area contributed by atoms with Crippen LogP contribution in [0.25, 0.3) is 10.9 Å². The van der Waals surface area contributed by atoms with Gasteiger partial charge in [0.15, 0.2) is 5.00 Å². The molecule has 0 spiro atoms. The molecule has 0 atom stereocenters. The fourth-order valence-corrected chi connectivity index (χ4v) is 3.44. The molecule has 0 aliphatic rings. The summed E-state index contributed by atoms with van der Waals surface area (Å²) in [5.41, 5.74) is 0.819. The van der Waals surface area contributed by atoms with Crippen molar-refractivity contribution in [1.29, 1.82) is 0 Å². The van der Waals surface area contributed by atoms with E-state index in [0.717, 1.165) is 11.5 Å². The van der Waals surface area contributed by atoms with Crippen LogP contribution in [0.3, 0.4) is 0 Å². The molecule has 0 saturated heterocycles. The third kappa shape index (κ3) is 3.35. The number of primary sulfonamides is 1. The maximum absolute atomic E-state index is 11.5. The lowest BCUT2D eigenvalue weighted by molar-refractivity contribution is 0.475. The minimum absolute atomic E-state index is 0.0441. The fourth-order valence-electron chi connectivity index (χ4n) is 1.86. The van der Waals surface area contributed by atoms with Gasteiger partial charge in [-0.3, -0.25) is 0 Å². The fraction of sp³-hybridized carbons (Fsp3) is 0. The minimum Gasteiger partial charge on any atom is -0.506 e. The van der Waals surface area contributed by atoms with Gasteiger partial charge in [-0.15, -0.1) is 10.2 Å². The number of nitrogens with two attached hydrogens (primary N) is 1. The summed E-state index contributed by atoms with van der Waals surface area (Å²) in [5, 5.41) is 23.7. The molecule has 7 nitrogen and oxygen atoms in total. The Labute approximate surface area is 150 Å². The topological polar surface area (TPSA) is 118 Å². The number of benzene rings is 2. The van der Waals surface area contributed by atoms with E-state index in [0.29, 0.717) is 15.9 Å². The molecule has 0 aliphatic heterocycles. The Morgan fingerprint density at radius 2 is 1.88 bits per heavy atom. The SMILES string of the molecule is NS(=O)(=O)c1ccc2nsc(N=Nc3cc(Cl)c(O)cc3Cl)c2c1.